The van der Waals surface area contributed by atoms with Crippen molar-refractivity contribution in [3.05, 3.63) is 0 Å². The summed E-state index contributed by atoms with van der Waals surface area (Å²) in [4.78, 5) is 22.3. The molecule has 4 heteroatoms. The molecule has 0 unspecified atom stereocenters. The molecule has 0 bridgehead atoms. The van der Waals surface area contributed by atoms with Crippen molar-refractivity contribution in [2.24, 2.45) is 11.8 Å². The molecule has 1 fully saturated rings. The molecule has 1 saturated carbocycles. The van der Waals surface area contributed by atoms with Crippen LogP contribution in [0.2, 0.25) is 0 Å². The van der Waals surface area contributed by atoms with Crippen molar-refractivity contribution >= 4 is 11.9 Å². The summed E-state index contributed by atoms with van der Waals surface area (Å²) < 4.78 is 4.44. The van der Waals surface area contributed by atoms with Gasteiger partial charge in [-0.2, -0.15) is 0 Å². The molecule has 0 aliphatic heterocycles. The molecular formula is C10H17NO3. The summed E-state index contributed by atoms with van der Waals surface area (Å²) in [6.07, 6.45) is 3.15. The standard InChI is InChI=1S/C10H17NO3/c1-7-4-3-5-8(7)10(13)11-6-9(12)14-2/h7-8H,3-6H2,1-2H3,(H,11,13)/t7-,8+/m1/s1. The summed E-state index contributed by atoms with van der Waals surface area (Å²) in [6, 6.07) is 0. The Morgan fingerprint density at radius 1 is 1.43 bits per heavy atom. The summed E-state index contributed by atoms with van der Waals surface area (Å²) in [6.45, 7) is 2.06. The van der Waals surface area contributed by atoms with E-state index in [9.17, 15) is 9.59 Å². The highest BCUT2D eigenvalue weighted by Gasteiger charge is 2.29. The van der Waals surface area contributed by atoms with Gasteiger partial charge in [0, 0.05) is 5.92 Å². The molecule has 1 rings (SSSR count). The van der Waals surface area contributed by atoms with Gasteiger partial charge in [0.05, 0.1) is 7.11 Å². The third-order valence-electron chi connectivity index (χ3n) is 2.83. The van der Waals surface area contributed by atoms with Gasteiger partial charge in [-0.15, -0.1) is 0 Å². The lowest BCUT2D eigenvalue weighted by molar-refractivity contribution is -0.141. The largest absolute Gasteiger partial charge is 0.468 e. The molecular weight excluding hydrogens is 182 g/mol. The maximum atomic E-state index is 11.6. The lowest BCUT2D eigenvalue weighted by atomic mass is 9.97. The first kappa shape index (κ1) is 11.0. The Balaban J connectivity index is 2.31. The maximum absolute atomic E-state index is 11.6. The zero-order chi connectivity index (χ0) is 10.6. The van der Waals surface area contributed by atoms with Crippen LogP contribution in [0.3, 0.4) is 0 Å². The lowest BCUT2D eigenvalue weighted by Gasteiger charge is -2.14. The zero-order valence-corrected chi connectivity index (χ0v) is 8.71. The van der Waals surface area contributed by atoms with Crippen LogP contribution in [0.1, 0.15) is 26.2 Å². The fourth-order valence-electron chi connectivity index (χ4n) is 1.90. The summed E-state index contributed by atoms with van der Waals surface area (Å²) in [7, 11) is 1.31. The second-order valence-corrected chi connectivity index (χ2v) is 3.81. The molecule has 0 radical (unpaired) electrons. The highest BCUT2D eigenvalue weighted by atomic mass is 16.5. The van der Waals surface area contributed by atoms with E-state index in [1.165, 1.54) is 7.11 Å². The zero-order valence-electron chi connectivity index (χ0n) is 8.71. The van der Waals surface area contributed by atoms with Crippen LogP contribution in [0.25, 0.3) is 0 Å². The van der Waals surface area contributed by atoms with Crippen molar-refractivity contribution in [3.63, 3.8) is 0 Å². The van der Waals surface area contributed by atoms with Gasteiger partial charge in [-0.05, 0) is 18.8 Å². The van der Waals surface area contributed by atoms with Gasteiger partial charge < -0.3 is 10.1 Å². The first-order valence-corrected chi connectivity index (χ1v) is 4.99. The van der Waals surface area contributed by atoms with Gasteiger partial charge in [0.2, 0.25) is 5.91 Å². The number of methoxy groups -OCH3 is 1. The van der Waals surface area contributed by atoms with Crippen LogP contribution in [-0.4, -0.2) is 25.5 Å². The van der Waals surface area contributed by atoms with E-state index in [-0.39, 0.29) is 18.4 Å². The normalized spacial score (nSPS) is 25.9. The highest BCUT2D eigenvalue weighted by molar-refractivity contribution is 5.83. The summed E-state index contributed by atoms with van der Waals surface area (Å²) in [5.41, 5.74) is 0. The fraction of sp³-hybridized carbons (Fsp3) is 0.800. The van der Waals surface area contributed by atoms with Crippen LogP contribution in [0.5, 0.6) is 0 Å². The van der Waals surface area contributed by atoms with E-state index in [0.717, 1.165) is 19.3 Å². The van der Waals surface area contributed by atoms with Gasteiger partial charge in [0.1, 0.15) is 6.54 Å². The Morgan fingerprint density at radius 3 is 2.64 bits per heavy atom. The molecule has 0 aromatic rings. The second kappa shape index (κ2) is 4.98. The second-order valence-electron chi connectivity index (χ2n) is 3.81. The number of esters is 1. The van der Waals surface area contributed by atoms with Gasteiger partial charge in [-0.3, -0.25) is 9.59 Å². The van der Waals surface area contributed by atoms with Crippen LogP contribution in [0.4, 0.5) is 0 Å². The van der Waals surface area contributed by atoms with Crippen molar-refractivity contribution in [2.45, 2.75) is 26.2 Å². The lowest BCUT2D eigenvalue weighted by Crippen LogP contribution is -2.35. The van der Waals surface area contributed by atoms with E-state index < -0.39 is 5.97 Å². The molecule has 0 aromatic heterocycles. The number of carbonyl (C=O) groups excluding carboxylic acids is 2. The van der Waals surface area contributed by atoms with Crippen molar-refractivity contribution < 1.29 is 14.3 Å². The molecule has 1 N–H and O–H groups in total. The van der Waals surface area contributed by atoms with Crippen molar-refractivity contribution in [1.29, 1.82) is 0 Å². The Bertz CT molecular complexity index is 227. The minimum absolute atomic E-state index is 0.0135. The molecule has 2 atom stereocenters. The number of carbonyl (C=O) groups is 2. The van der Waals surface area contributed by atoms with Crippen LogP contribution in [-0.2, 0) is 14.3 Å². The van der Waals surface area contributed by atoms with Crippen LogP contribution >= 0.6 is 0 Å². The number of amides is 1. The molecule has 80 valence electrons. The van der Waals surface area contributed by atoms with Gasteiger partial charge in [-0.25, -0.2) is 0 Å². The highest BCUT2D eigenvalue weighted by Crippen LogP contribution is 2.30. The first-order chi connectivity index (χ1) is 6.65. The Morgan fingerprint density at radius 2 is 2.14 bits per heavy atom. The monoisotopic (exact) mass is 199 g/mol. The Labute approximate surface area is 84.0 Å². The topological polar surface area (TPSA) is 55.4 Å². The SMILES string of the molecule is COC(=O)CNC(=O)[C@H]1CCC[C@H]1C. The van der Waals surface area contributed by atoms with Gasteiger partial charge >= 0.3 is 5.97 Å². The molecule has 1 amide bonds. The minimum Gasteiger partial charge on any atom is -0.468 e. The van der Waals surface area contributed by atoms with Crippen LogP contribution < -0.4 is 5.32 Å². The predicted octanol–water partition coefficient (Wildman–Crippen LogP) is 0.712. The molecule has 1 aliphatic carbocycles. The van der Waals surface area contributed by atoms with Gasteiger partial charge in [0.15, 0.2) is 0 Å². The van der Waals surface area contributed by atoms with Crippen LogP contribution in [0, 0.1) is 11.8 Å². The number of nitrogens with one attached hydrogen (secondary N) is 1. The number of hydrogen-bond acceptors (Lipinski definition) is 3. The fourth-order valence-corrected chi connectivity index (χ4v) is 1.90. The van der Waals surface area contributed by atoms with Crippen molar-refractivity contribution in [1.82, 2.24) is 5.32 Å². The molecule has 4 nitrogen and oxygen atoms in total. The molecule has 0 aromatic carbocycles. The number of ether oxygens (including phenoxy) is 1. The van der Waals surface area contributed by atoms with Gasteiger partial charge in [-0.1, -0.05) is 13.3 Å². The van der Waals surface area contributed by atoms with E-state index in [4.69, 9.17) is 0 Å². The summed E-state index contributed by atoms with van der Waals surface area (Å²) >= 11 is 0. The minimum atomic E-state index is -0.399. The average Bonchev–Trinajstić information content (AvgIpc) is 2.60. The van der Waals surface area contributed by atoms with E-state index in [2.05, 4.69) is 17.0 Å². The first-order valence-electron chi connectivity index (χ1n) is 4.99. The summed E-state index contributed by atoms with van der Waals surface area (Å²) in [5.74, 6) is 0.108. The third kappa shape index (κ3) is 2.72. The number of rotatable bonds is 3. The predicted molar refractivity (Wildman–Crippen MR) is 51.5 cm³/mol. The summed E-state index contributed by atoms with van der Waals surface area (Å²) in [5, 5.41) is 2.59. The Kier molecular flexibility index (Phi) is 3.92. The van der Waals surface area contributed by atoms with Crippen molar-refractivity contribution in [3.8, 4) is 0 Å². The van der Waals surface area contributed by atoms with E-state index in [1.54, 1.807) is 0 Å². The maximum Gasteiger partial charge on any atom is 0.325 e. The van der Waals surface area contributed by atoms with E-state index >= 15 is 0 Å². The molecule has 0 spiro atoms. The van der Waals surface area contributed by atoms with E-state index in [1.807, 2.05) is 0 Å². The average molecular weight is 199 g/mol. The van der Waals surface area contributed by atoms with Crippen LogP contribution in [0.15, 0.2) is 0 Å². The quantitative estimate of drug-likeness (QED) is 0.681. The molecule has 1 aliphatic rings. The smallest absolute Gasteiger partial charge is 0.325 e. The Hall–Kier alpha value is -1.06. The molecule has 14 heavy (non-hydrogen) atoms. The van der Waals surface area contributed by atoms with Gasteiger partial charge in [0.25, 0.3) is 0 Å². The molecule has 0 saturated heterocycles. The third-order valence-corrected chi connectivity index (χ3v) is 2.83. The van der Waals surface area contributed by atoms with Crippen molar-refractivity contribution in [2.75, 3.05) is 13.7 Å². The van der Waals surface area contributed by atoms with E-state index in [0.29, 0.717) is 5.92 Å². The number of hydrogen-bond donors (Lipinski definition) is 1. The molecule has 0 heterocycles.